The van der Waals surface area contributed by atoms with Crippen LogP contribution in [0.25, 0.3) is 0 Å². The SMILES string of the molecule is COc1ccsc1C(O)Cc1cc(C)nn1C. The average Bonchev–Trinajstić information content (AvgIpc) is 2.85. The van der Waals surface area contributed by atoms with Crippen molar-refractivity contribution in [3.05, 3.63) is 33.8 Å². The summed E-state index contributed by atoms with van der Waals surface area (Å²) in [6, 6.07) is 3.86. The third-order valence-corrected chi connectivity index (χ3v) is 3.68. The van der Waals surface area contributed by atoms with Crippen molar-refractivity contribution in [2.75, 3.05) is 7.11 Å². The number of ether oxygens (including phenoxy) is 1. The molecule has 2 aromatic rings. The van der Waals surface area contributed by atoms with Gasteiger partial charge in [0.2, 0.25) is 0 Å². The molecule has 0 fully saturated rings. The zero-order valence-corrected chi connectivity index (χ0v) is 11.0. The standard InChI is InChI=1S/C12H16N2O2S/c1-8-6-9(14(2)13-8)7-10(15)12-11(16-3)4-5-17-12/h4-6,10,15H,7H2,1-3H3. The molecule has 0 aliphatic heterocycles. The molecular formula is C12H16N2O2S. The highest BCUT2D eigenvalue weighted by atomic mass is 32.1. The first-order chi connectivity index (χ1) is 8.11. The number of rotatable bonds is 4. The Morgan fingerprint density at radius 3 is 2.94 bits per heavy atom. The van der Waals surface area contributed by atoms with E-state index in [0.29, 0.717) is 6.42 Å². The summed E-state index contributed by atoms with van der Waals surface area (Å²) >= 11 is 1.51. The summed E-state index contributed by atoms with van der Waals surface area (Å²) in [5, 5.41) is 16.4. The van der Waals surface area contributed by atoms with E-state index in [-0.39, 0.29) is 0 Å². The van der Waals surface area contributed by atoms with E-state index in [1.807, 2.05) is 31.5 Å². The van der Waals surface area contributed by atoms with Crippen LogP contribution in [-0.4, -0.2) is 22.0 Å². The number of aliphatic hydroxyl groups is 1. The van der Waals surface area contributed by atoms with Crippen LogP contribution < -0.4 is 4.74 Å². The Hall–Kier alpha value is -1.33. The molecule has 0 aliphatic carbocycles. The van der Waals surface area contributed by atoms with Crippen molar-refractivity contribution in [3.63, 3.8) is 0 Å². The Kier molecular flexibility index (Phi) is 3.49. The van der Waals surface area contributed by atoms with E-state index in [0.717, 1.165) is 22.0 Å². The van der Waals surface area contributed by atoms with E-state index in [1.54, 1.807) is 11.8 Å². The molecule has 4 nitrogen and oxygen atoms in total. The van der Waals surface area contributed by atoms with Gasteiger partial charge in [0.15, 0.2) is 0 Å². The Balaban J connectivity index is 2.16. The highest BCUT2D eigenvalue weighted by Crippen LogP contribution is 2.32. The molecule has 2 aromatic heterocycles. The zero-order valence-electron chi connectivity index (χ0n) is 10.2. The Labute approximate surface area is 104 Å². The number of thiophene rings is 1. The Bertz CT molecular complexity index is 504. The molecule has 0 aromatic carbocycles. The number of methoxy groups -OCH3 is 1. The van der Waals surface area contributed by atoms with Crippen LogP contribution >= 0.6 is 11.3 Å². The second-order valence-electron chi connectivity index (χ2n) is 3.97. The number of nitrogens with zero attached hydrogens (tertiary/aromatic N) is 2. The molecule has 0 amide bonds. The number of aliphatic hydroxyl groups excluding tert-OH is 1. The Morgan fingerprint density at radius 2 is 2.35 bits per heavy atom. The highest BCUT2D eigenvalue weighted by Gasteiger charge is 2.17. The van der Waals surface area contributed by atoms with Crippen LogP contribution in [0.15, 0.2) is 17.5 Å². The molecule has 1 atom stereocenters. The molecule has 17 heavy (non-hydrogen) atoms. The van der Waals surface area contributed by atoms with Gasteiger partial charge in [0.25, 0.3) is 0 Å². The number of aryl methyl sites for hydroxylation is 2. The van der Waals surface area contributed by atoms with Gasteiger partial charge in [-0.1, -0.05) is 0 Å². The van der Waals surface area contributed by atoms with Gasteiger partial charge < -0.3 is 9.84 Å². The van der Waals surface area contributed by atoms with Crippen molar-refractivity contribution in [1.29, 1.82) is 0 Å². The fraction of sp³-hybridized carbons (Fsp3) is 0.417. The molecule has 5 heteroatoms. The number of hydrogen-bond acceptors (Lipinski definition) is 4. The van der Waals surface area contributed by atoms with E-state index in [4.69, 9.17) is 4.74 Å². The van der Waals surface area contributed by atoms with E-state index in [2.05, 4.69) is 5.10 Å². The molecule has 0 saturated heterocycles. The van der Waals surface area contributed by atoms with Gasteiger partial charge in [0.1, 0.15) is 5.75 Å². The number of hydrogen-bond donors (Lipinski definition) is 1. The topological polar surface area (TPSA) is 47.3 Å². The lowest BCUT2D eigenvalue weighted by molar-refractivity contribution is 0.175. The van der Waals surface area contributed by atoms with Gasteiger partial charge >= 0.3 is 0 Å². The highest BCUT2D eigenvalue weighted by molar-refractivity contribution is 7.10. The lowest BCUT2D eigenvalue weighted by Crippen LogP contribution is -2.06. The maximum atomic E-state index is 10.2. The zero-order chi connectivity index (χ0) is 12.4. The van der Waals surface area contributed by atoms with Crippen LogP contribution in [0.4, 0.5) is 0 Å². The third-order valence-electron chi connectivity index (χ3n) is 2.68. The molecule has 1 unspecified atom stereocenters. The maximum absolute atomic E-state index is 10.2. The first kappa shape index (κ1) is 12.1. The number of aromatic nitrogens is 2. The fourth-order valence-electron chi connectivity index (χ4n) is 1.87. The van der Waals surface area contributed by atoms with Gasteiger partial charge in [-0.25, -0.2) is 0 Å². The molecule has 2 rings (SSSR count). The largest absolute Gasteiger partial charge is 0.495 e. The molecule has 1 N–H and O–H groups in total. The minimum Gasteiger partial charge on any atom is -0.495 e. The minimum absolute atomic E-state index is 0.542. The van der Waals surface area contributed by atoms with E-state index in [9.17, 15) is 5.11 Å². The molecule has 0 bridgehead atoms. The van der Waals surface area contributed by atoms with Crippen LogP contribution in [0.1, 0.15) is 22.4 Å². The summed E-state index contributed by atoms with van der Waals surface area (Å²) in [7, 11) is 3.51. The van der Waals surface area contributed by atoms with Gasteiger partial charge in [0.05, 0.1) is 23.8 Å². The normalized spacial score (nSPS) is 12.7. The first-order valence-electron chi connectivity index (χ1n) is 5.40. The predicted molar refractivity (Wildman–Crippen MR) is 67.5 cm³/mol. The first-order valence-corrected chi connectivity index (χ1v) is 6.28. The predicted octanol–water partition coefficient (Wildman–Crippen LogP) is 2.07. The monoisotopic (exact) mass is 252 g/mol. The van der Waals surface area contributed by atoms with Gasteiger partial charge in [0, 0.05) is 19.2 Å². The van der Waals surface area contributed by atoms with Crippen molar-refractivity contribution in [3.8, 4) is 5.75 Å². The van der Waals surface area contributed by atoms with E-state index in [1.165, 1.54) is 11.3 Å². The molecular weight excluding hydrogens is 236 g/mol. The molecule has 0 aliphatic rings. The van der Waals surface area contributed by atoms with Crippen LogP contribution in [0.2, 0.25) is 0 Å². The van der Waals surface area contributed by atoms with Crippen molar-refractivity contribution in [1.82, 2.24) is 9.78 Å². The van der Waals surface area contributed by atoms with E-state index < -0.39 is 6.10 Å². The van der Waals surface area contributed by atoms with Gasteiger partial charge in [-0.05, 0) is 24.4 Å². The van der Waals surface area contributed by atoms with E-state index >= 15 is 0 Å². The maximum Gasteiger partial charge on any atom is 0.135 e. The summed E-state index contributed by atoms with van der Waals surface area (Å²) < 4.78 is 7.01. The van der Waals surface area contributed by atoms with Gasteiger partial charge in [-0.15, -0.1) is 11.3 Å². The van der Waals surface area contributed by atoms with Gasteiger partial charge in [-0.2, -0.15) is 5.10 Å². The van der Waals surface area contributed by atoms with Crippen molar-refractivity contribution >= 4 is 11.3 Å². The van der Waals surface area contributed by atoms with Gasteiger partial charge in [-0.3, -0.25) is 4.68 Å². The van der Waals surface area contributed by atoms with Crippen LogP contribution in [0, 0.1) is 6.92 Å². The van der Waals surface area contributed by atoms with Crippen LogP contribution in [0.3, 0.4) is 0 Å². The van der Waals surface area contributed by atoms with Crippen LogP contribution in [0.5, 0.6) is 5.75 Å². The summed E-state index contributed by atoms with van der Waals surface area (Å²) in [6.45, 7) is 1.95. The molecule has 0 radical (unpaired) electrons. The fourth-order valence-corrected chi connectivity index (χ4v) is 2.71. The second kappa shape index (κ2) is 4.89. The summed E-state index contributed by atoms with van der Waals surface area (Å²) in [5.41, 5.74) is 1.98. The average molecular weight is 252 g/mol. The van der Waals surface area contributed by atoms with Crippen molar-refractivity contribution in [2.45, 2.75) is 19.4 Å². The summed E-state index contributed by atoms with van der Waals surface area (Å²) in [6.07, 6.45) is 0.00792. The molecule has 0 spiro atoms. The summed E-state index contributed by atoms with van der Waals surface area (Å²) in [4.78, 5) is 0.867. The molecule has 2 heterocycles. The smallest absolute Gasteiger partial charge is 0.135 e. The van der Waals surface area contributed by atoms with Crippen LogP contribution in [-0.2, 0) is 13.5 Å². The summed E-state index contributed by atoms with van der Waals surface area (Å²) in [5.74, 6) is 0.751. The lowest BCUT2D eigenvalue weighted by atomic mass is 10.1. The molecule has 0 saturated carbocycles. The van der Waals surface area contributed by atoms with Crippen molar-refractivity contribution in [2.24, 2.45) is 7.05 Å². The minimum atomic E-state index is -0.542. The lowest BCUT2D eigenvalue weighted by Gasteiger charge is -2.10. The Morgan fingerprint density at radius 1 is 1.59 bits per heavy atom. The second-order valence-corrected chi connectivity index (χ2v) is 4.92. The third kappa shape index (κ3) is 2.50. The quantitative estimate of drug-likeness (QED) is 0.906. The molecule has 92 valence electrons. The van der Waals surface area contributed by atoms with Crippen molar-refractivity contribution < 1.29 is 9.84 Å².